The van der Waals surface area contributed by atoms with Gasteiger partial charge >= 0.3 is 0 Å². The van der Waals surface area contributed by atoms with E-state index in [1.165, 1.54) is 12.8 Å². The molecule has 5 heteroatoms. The fourth-order valence-corrected chi connectivity index (χ4v) is 2.19. The fourth-order valence-electron chi connectivity index (χ4n) is 2.19. The van der Waals surface area contributed by atoms with Gasteiger partial charge < -0.3 is 20.1 Å². The van der Waals surface area contributed by atoms with E-state index >= 15 is 0 Å². The van der Waals surface area contributed by atoms with Crippen molar-refractivity contribution in [2.75, 3.05) is 31.6 Å². The molecule has 0 radical (unpaired) electrons. The Balaban J connectivity index is 1.45. The molecule has 0 unspecified atom stereocenters. The van der Waals surface area contributed by atoms with Gasteiger partial charge in [0.05, 0.1) is 19.8 Å². The van der Waals surface area contributed by atoms with E-state index in [0.29, 0.717) is 19.8 Å². The highest BCUT2D eigenvalue weighted by atomic mass is 16.7. The van der Waals surface area contributed by atoms with Gasteiger partial charge in [-0.3, -0.25) is 4.79 Å². The number of benzene rings is 1. The molecule has 108 valence electrons. The first kappa shape index (κ1) is 13.5. The molecule has 2 N–H and O–H groups in total. The number of anilines is 1. The SMILES string of the molecule is O=C(CNCC1CC1)Nc1ccc(C2OCCO2)cc1. The second-order valence-corrected chi connectivity index (χ2v) is 5.32. The predicted octanol–water partition coefficient (Wildman–Crippen LogP) is 1.67. The standard InChI is InChI=1S/C15H20N2O3/c18-14(10-16-9-11-1-2-11)17-13-5-3-12(4-6-13)15-19-7-8-20-15/h3-6,11,15-16H,1-2,7-10H2,(H,17,18). The molecule has 0 bridgehead atoms. The van der Waals surface area contributed by atoms with Crippen molar-refractivity contribution in [3.05, 3.63) is 29.8 Å². The zero-order chi connectivity index (χ0) is 13.8. The first-order valence-corrected chi connectivity index (χ1v) is 7.15. The third-order valence-corrected chi connectivity index (χ3v) is 3.50. The van der Waals surface area contributed by atoms with E-state index in [0.717, 1.165) is 23.7 Å². The molecule has 5 nitrogen and oxygen atoms in total. The molecule has 0 spiro atoms. The third kappa shape index (κ3) is 3.79. The van der Waals surface area contributed by atoms with Crippen LogP contribution in [0.5, 0.6) is 0 Å². The van der Waals surface area contributed by atoms with Crippen LogP contribution in [-0.4, -0.2) is 32.2 Å². The van der Waals surface area contributed by atoms with E-state index < -0.39 is 0 Å². The molecular formula is C15H20N2O3. The van der Waals surface area contributed by atoms with Crippen molar-refractivity contribution in [3.63, 3.8) is 0 Å². The monoisotopic (exact) mass is 276 g/mol. The van der Waals surface area contributed by atoms with Crippen LogP contribution >= 0.6 is 0 Å². The fraction of sp³-hybridized carbons (Fsp3) is 0.533. The maximum atomic E-state index is 11.7. The van der Waals surface area contributed by atoms with Crippen LogP contribution in [0.2, 0.25) is 0 Å². The van der Waals surface area contributed by atoms with E-state index in [4.69, 9.17) is 9.47 Å². The second-order valence-electron chi connectivity index (χ2n) is 5.32. The van der Waals surface area contributed by atoms with Crippen LogP contribution in [-0.2, 0) is 14.3 Å². The molecule has 2 aliphatic rings. The molecule has 1 amide bonds. The Morgan fingerprint density at radius 3 is 2.50 bits per heavy atom. The molecule has 0 atom stereocenters. The molecule has 2 fully saturated rings. The predicted molar refractivity (Wildman–Crippen MR) is 75.3 cm³/mol. The maximum Gasteiger partial charge on any atom is 0.238 e. The first-order chi connectivity index (χ1) is 9.81. The summed E-state index contributed by atoms with van der Waals surface area (Å²) in [6, 6.07) is 7.59. The molecule has 1 saturated carbocycles. The van der Waals surface area contributed by atoms with Gasteiger partial charge in [-0.1, -0.05) is 12.1 Å². The van der Waals surface area contributed by atoms with Crippen molar-refractivity contribution in [2.45, 2.75) is 19.1 Å². The Bertz CT molecular complexity index is 451. The number of ether oxygens (including phenoxy) is 2. The van der Waals surface area contributed by atoms with Gasteiger partial charge in [0.2, 0.25) is 5.91 Å². The highest BCUT2D eigenvalue weighted by Crippen LogP contribution is 2.27. The lowest BCUT2D eigenvalue weighted by molar-refractivity contribution is -0.115. The Morgan fingerprint density at radius 1 is 1.15 bits per heavy atom. The normalized spacial score (nSPS) is 19.2. The summed E-state index contributed by atoms with van der Waals surface area (Å²) in [7, 11) is 0. The van der Waals surface area contributed by atoms with Crippen molar-refractivity contribution < 1.29 is 14.3 Å². The summed E-state index contributed by atoms with van der Waals surface area (Å²) in [6.07, 6.45) is 2.32. The van der Waals surface area contributed by atoms with Crippen LogP contribution in [0.25, 0.3) is 0 Å². The molecule has 3 rings (SSSR count). The topological polar surface area (TPSA) is 59.6 Å². The van der Waals surface area contributed by atoms with Crippen molar-refractivity contribution in [3.8, 4) is 0 Å². The lowest BCUT2D eigenvalue weighted by Crippen LogP contribution is -2.29. The Kier molecular flexibility index (Phi) is 4.30. The van der Waals surface area contributed by atoms with Crippen LogP contribution in [0.15, 0.2) is 24.3 Å². The number of nitrogens with one attached hydrogen (secondary N) is 2. The Hall–Kier alpha value is -1.43. The quantitative estimate of drug-likeness (QED) is 0.830. The molecule has 1 aromatic carbocycles. The summed E-state index contributed by atoms with van der Waals surface area (Å²) in [5, 5.41) is 6.04. The highest BCUT2D eigenvalue weighted by molar-refractivity contribution is 5.92. The zero-order valence-electron chi connectivity index (χ0n) is 11.4. The Morgan fingerprint density at radius 2 is 1.85 bits per heavy atom. The number of rotatable bonds is 6. The Labute approximate surface area is 118 Å². The minimum atomic E-state index is -0.264. The van der Waals surface area contributed by atoms with Gasteiger partial charge in [0.25, 0.3) is 0 Å². The third-order valence-electron chi connectivity index (χ3n) is 3.50. The van der Waals surface area contributed by atoms with Gasteiger partial charge in [-0.05, 0) is 37.4 Å². The second kappa shape index (κ2) is 6.35. The van der Waals surface area contributed by atoms with Crippen molar-refractivity contribution in [1.29, 1.82) is 0 Å². The smallest absolute Gasteiger partial charge is 0.238 e. The molecule has 1 heterocycles. The van der Waals surface area contributed by atoms with Crippen LogP contribution < -0.4 is 10.6 Å². The maximum absolute atomic E-state index is 11.7. The largest absolute Gasteiger partial charge is 0.346 e. The number of hydrogen-bond donors (Lipinski definition) is 2. The number of carbonyl (C=O) groups is 1. The molecule has 1 aliphatic heterocycles. The molecule has 1 aliphatic carbocycles. The van der Waals surface area contributed by atoms with Gasteiger partial charge in [0.1, 0.15) is 0 Å². The van der Waals surface area contributed by atoms with Crippen molar-refractivity contribution in [2.24, 2.45) is 5.92 Å². The molecule has 0 aromatic heterocycles. The summed E-state index contributed by atoms with van der Waals surface area (Å²) >= 11 is 0. The van der Waals surface area contributed by atoms with E-state index in [1.54, 1.807) is 0 Å². The summed E-state index contributed by atoms with van der Waals surface area (Å²) in [4.78, 5) is 11.7. The van der Waals surface area contributed by atoms with E-state index in [2.05, 4.69) is 10.6 Å². The van der Waals surface area contributed by atoms with E-state index in [9.17, 15) is 4.79 Å². The first-order valence-electron chi connectivity index (χ1n) is 7.15. The van der Waals surface area contributed by atoms with Crippen LogP contribution in [0, 0.1) is 5.92 Å². The summed E-state index contributed by atoms with van der Waals surface area (Å²) in [5.74, 6) is 0.778. The van der Waals surface area contributed by atoms with Gasteiger partial charge in [-0.25, -0.2) is 0 Å². The number of hydrogen-bond acceptors (Lipinski definition) is 4. The van der Waals surface area contributed by atoms with Crippen LogP contribution in [0.3, 0.4) is 0 Å². The van der Waals surface area contributed by atoms with Gasteiger partial charge in [0, 0.05) is 11.3 Å². The minimum absolute atomic E-state index is 0.00762. The number of carbonyl (C=O) groups excluding carboxylic acids is 1. The van der Waals surface area contributed by atoms with E-state index in [1.807, 2.05) is 24.3 Å². The average molecular weight is 276 g/mol. The lowest BCUT2D eigenvalue weighted by Gasteiger charge is -2.11. The van der Waals surface area contributed by atoms with Gasteiger partial charge in [0.15, 0.2) is 6.29 Å². The van der Waals surface area contributed by atoms with Crippen LogP contribution in [0.4, 0.5) is 5.69 Å². The average Bonchev–Trinajstić information content (AvgIpc) is 3.11. The molecule has 1 aromatic rings. The van der Waals surface area contributed by atoms with Gasteiger partial charge in [-0.2, -0.15) is 0 Å². The van der Waals surface area contributed by atoms with Crippen molar-refractivity contribution >= 4 is 11.6 Å². The minimum Gasteiger partial charge on any atom is -0.346 e. The zero-order valence-corrected chi connectivity index (χ0v) is 11.4. The van der Waals surface area contributed by atoms with Crippen LogP contribution in [0.1, 0.15) is 24.7 Å². The lowest BCUT2D eigenvalue weighted by atomic mass is 10.2. The summed E-state index contributed by atoms with van der Waals surface area (Å²) < 4.78 is 10.8. The molecular weight excluding hydrogens is 256 g/mol. The van der Waals surface area contributed by atoms with Gasteiger partial charge in [-0.15, -0.1) is 0 Å². The summed E-state index contributed by atoms with van der Waals surface area (Å²) in [5.41, 5.74) is 1.78. The number of amides is 1. The van der Waals surface area contributed by atoms with E-state index in [-0.39, 0.29) is 12.2 Å². The molecule has 1 saturated heterocycles. The summed E-state index contributed by atoms with van der Waals surface area (Å²) in [6.45, 7) is 2.58. The highest BCUT2D eigenvalue weighted by Gasteiger charge is 2.20. The van der Waals surface area contributed by atoms with Crippen molar-refractivity contribution in [1.82, 2.24) is 5.32 Å². The molecule has 20 heavy (non-hydrogen) atoms.